The topological polar surface area (TPSA) is 79.3 Å². The summed E-state index contributed by atoms with van der Waals surface area (Å²) in [6.07, 6.45) is 10.9. The summed E-state index contributed by atoms with van der Waals surface area (Å²) >= 11 is 0. The van der Waals surface area contributed by atoms with Crippen LogP contribution < -0.4 is 10.6 Å². The van der Waals surface area contributed by atoms with Crippen LogP contribution in [0.15, 0.2) is 11.6 Å². The minimum Gasteiger partial charge on any atom is -0.349 e. The molecule has 2 amide bonds. The Balaban J connectivity index is 1.64. The third kappa shape index (κ3) is 5.22. The lowest BCUT2D eigenvalue weighted by atomic mass is 9.97. The second-order valence-electron chi connectivity index (χ2n) is 8.01. The van der Waals surface area contributed by atoms with Crippen LogP contribution in [0, 0.1) is 0 Å². The van der Waals surface area contributed by atoms with E-state index in [-0.39, 0.29) is 11.8 Å². The average molecular weight is 388 g/mol. The number of likely N-dealkylation sites (N-methyl/N-ethyl adjacent to an activating group) is 1. The van der Waals surface area contributed by atoms with Crippen LogP contribution >= 0.6 is 0 Å². The van der Waals surface area contributed by atoms with Crippen molar-refractivity contribution < 1.29 is 9.59 Å². The van der Waals surface area contributed by atoms with Crippen molar-refractivity contribution >= 4 is 11.8 Å². The summed E-state index contributed by atoms with van der Waals surface area (Å²) < 4.78 is 1.94. The normalized spacial score (nSPS) is 16.5. The largest absolute Gasteiger partial charge is 0.349 e. The molecule has 1 aliphatic carbocycles. The number of carbonyl (C=O) groups excluding carboxylic acids is 2. The van der Waals surface area contributed by atoms with Gasteiger partial charge < -0.3 is 20.1 Å². The number of rotatable bonds is 8. The van der Waals surface area contributed by atoms with E-state index in [0.29, 0.717) is 24.6 Å². The molecule has 0 spiro atoms. The zero-order valence-electron chi connectivity index (χ0n) is 17.2. The summed E-state index contributed by atoms with van der Waals surface area (Å²) in [5.74, 6) is 0.0240. The highest BCUT2D eigenvalue weighted by Gasteiger charge is 2.27. The molecule has 2 aliphatic rings. The number of imidazole rings is 1. The van der Waals surface area contributed by atoms with Crippen LogP contribution in [-0.4, -0.2) is 60.0 Å². The van der Waals surface area contributed by atoms with Gasteiger partial charge in [0.15, 0.2) is 5.82 Å². The van der Waals surface area contributed by atoms with Crippen LogP contribution in [0.1, 0.15) is 71.7 Å². The second kappa shape index (κ2) is 9.87. The van der Waals surface area contributed by atoms with Gasteiger partial charge in [-0.2, -0.15) is 0 Å². The molecule has 28 heavy (non-hydrogen) atoms. The molecule has 0 radical (unpaired) electrons. The Bertz CT molecular complexity index is 735. The van der Waals surface area contributed by atoms with Crippen molar-refractivity contribution in [3.05, 3.63) is 28.9 Å². The average Bonchev–Trinajstić information content (AvgIpc) is 3.08. The van der Waals surface area contributed by atoms with E-state index in [1.54, 1.807) is 0 Å². The monoisotopic (exact) mass is 387 g/mol. The third-order valence-electron chi connectivity index (χ3n) is 5.50. The maximum atomic E-state index is 12.7. The number of aromatic nitrogens is 2. The number of carbonyl (C=O) groups is 2. The van der Waals surface area contributed by atoms with Gasteiger partial charge in [0.1, 0.15) is 5.69 Å². The van der Waals surface area contributed by atoms with Gasteiger partial charge in [-0.05, 0) is 65.5 Å². The number of hydrogen-bond acceptors (Lipinski definition) is 4. The number of nitrogens with one attached hydrogen (secondary N) is 2. The fourth-order valence-corrected chi connectivity index (χ4v) is 3.92. The van der Waals surface area contributed by atoms with Gasteiger partial charge in [-0.25, -0.2) is 4.98 Å². The first kappa shape index (κ1) is 20.6. The van der Waals surface area contributed by atoms with Crippen LogP contribution in [0.5, 0.6) is 0 Å². The summed E-state index contributed by atoms with van der Waals surface area (Å²) in [5.41, 5.74) is 2.75. The molecule has 1 aromatic heterocycles. The Morgan fingerprint density at radius 2 is 1.86 bits per heavy atom. The van der Waals surface area contributed by atoms with Gasteiger partial charge in [0.25, 0.3) is 11.8 Å². The summed E-state index contributed by atoms with van der Waals surface area (Å²) in [5, 5.41) is 5.93. The highest BCUT2D eigenvalue weighted by Crippen LogP contribution is 2.22. The van der Waals surface area contributed by atoms with Crippen LogP contribution in [0.3, 0.4) is 0 Å². The zero-order valence-corrected chi connectivity index (χ0v) is 17.2. The van der Waals surface area contributed by atoms with E-state index < -0.39 is 0 Å². The van der Waals surface area contributed by atoms with E-state index in [4.69, 9.17) is 0 Å². The molecule has 7 nitrogen and oxygen atoms in total. The van der Waals surface area contributed by atoms with Crippen molar-refractivity contribution in [1.82, 2.24) is 25.1 Å². The summed E-state index contributed by atoms with van der Waals surface area (Å²) in [7, 11) is 3.94. The Morgan fingerprint density at radius 3 is 2.61 bits per heavy atom. The zero-order chi connectivity index (χ0) is 19.9. The van der Waals surface area contributed by atoms with Crippen molar-refractivity contribution in [3.8, 4) is 0 Å². The SMILES string of the molecule is CN(C)CCNC(=O)c1nc(C(=O)NCCC2=CCCCC2)n2c1CCCC2. The Labute approximate surface area is 167 Å². The van der Waals surface area contributed by atoms with Gasteiger partial charge in [-0.1, -0.05) is 11.6 Å². The lowest BCUT2D eigenvalue weighted by molar-refractivity contribution is 0.0938. The van der Waals surface area contributed by atoms with Crippen LogP contribution in [-0.2, 0) is 13.0 Å². The van der Waals surface area contributed by atoms with E-state index >= 15 is 0 Å². The minimum atomic E-state index is -0.182. The van der Waals surface area contributed by atoms with Gasteiger partial charge in [-0.15, -0.1) is 0 Å². The second-order valence-corrected chi connectivity index (χ2v) is 8.01. The van der Waals surface area contributed by atoms with E-state index in [2.05, 4.69) is 21.7 Å². The lowest BCUT2D eigenvalue weighted by Gasteiger charge is -2.17. The molecule has 7 heteroatoms. The van der Waals surface area contributed by atoms with Crippen molar-refractivity contribution in [2.75, 3.05) is 33.7 Å². The smallest absolute Gasteiger partial charge is 0.287 e. The molecule has 2 N–H and O–H groups in total. The van der Waals surface area contributed by atoms with E-state index in [0.717, 1.165) is 57.3 Å². The number of fused-ring (bicyclic) bond motifs is 1. The maximum absolute atomic E-state index is 12.7. The summed E-state index contributed by atoms with van der Waals surface area (Å²) in [4.78, 5) is 31.8. The number of amides is 2. The van der Waals surface area contributed by atoms with E-state index in [9.17, 15) is 9.59 Å². The molecule has 0 atom stereocenters. The molecule has 0 fully saturated rings. The molecule has 3 rings (SSSR count). The predicted molar refractivity (Wildman–Crippen MR) is 110 cm³/mol. The first-order valence-electron chi connectivity index (χ1n) is 10.5. The van der Waals surface area contributed by atoms with Crippen molar-refractivity contribution in [2.45, 2.75) is 57.9 Å². The number of nitrogens with zero attached hydrogens (tertiary/aromatic N) is 3. The van der Waals surface area contributed by atoms with Crippen LogP contribution in [0.25, 0.3) is 0 Å². The molecule has 154 valence electrons. The molecule has 2 heterocycles. The maximum Gasteiger partial charge on any atom is 0.287 e. The quantitative estimate of drug-likeness (QED) is 0.670. The molecular formula is C21H33N5O2. The van der Waals surface area contributed by atoms with Gasteiger partial charge >= 0.3 is 0 Å². The van der Waals surface area contributed by atoms with E-state index in [1.165, 1.54) is 18.4 Å². The molecule has 0 unspecified atom stereocenters. The molecule has 1 aromatic rings. The Kier molecular flexibility index (Phi) is 7.25. The van der Waals surface area contributed by atoms with Gasteiger partial charge in [-0.3, -0.25) is 9.59 Å². The Hall–Kier alpha value is -2.15. The summed E-state index contributed by atoms with van der Waals surface area (Å²) in [6, 6.07) is 0. The molecule has 0 bridgehead atoms. The summed E-state index contributed by atoms with van der Waals surface area (Å²) in [6.45, 7) is 2.71. The first-order chi connectivity index (χ1) is 13.6. The highest BCUT2D eigenvalue weighted by molar-refractivity contribution is 5.97. The molecule has 0 aromatic carbocycles. The standard InChI is InChI=1S/C21H33N5O2/c1-25(2)15-13-23-20(27)18-17-10-6-7-14-26(17)19(24-18)21(28)22-12-11-16-8-4-3-5-9-16/h8H,3-7,9-15H2,1-2H3,(H,22,28)(H,23,27). The van der Waals surface area contributed by atoms with Crippen molar-refractivity contribution in [2.24, 2.45) is 0 Å². The third-order valence-corrected chi connectivity index (χ3v) is 5.50. The number of hydrogen-bond donors (Lipinski definition) is 2. The molecule has 1 aliphatic heterocycles. The molecule has 0 saturated heterocycles. The number of allylic oxidation sites excluding steroid dienone is 1. The fourth-order valence-electron chi connectivity index (χ4n) is 3.92. The van der Waals surface area contributed by atoms with Crippen molar-refractivity contribution in [3.63, 3.8) is 0 Å². The van der Waals surface area contributed by atoms with Crippen LogP contribution in [0.4, 0.5) is 0 Å². The minimum absolute atomic E-state index is 0.174. The van der Waals surface area contributed by atoms with E-state index in [1.807, 2.05) is 23.6 Å². The van der Waals surface area contributed by atoms with Gasteiger partial charge in [0.2, 0.25) is 0 Å². The molecule has 0 saturated carbocycles. The van der Waals surface area contributed by atoms with Gasteiger partial charge in [0, 0.05) is 26.2 Å². The van der Waals surface area contributed by atoms with Gasteiger partial charge in [0.05, 0.1) is 5.69 Å². The highest BCUT2D eigenvalue weighted by atomic mass is 16.2. The molecular weight excluding hydrogens is 354 g/mol. The first-order valence-corrected chi connectivity index (χ1v) is 10.5. The fraction of sp³-hybridized carbons (Fsp3) is 0.667. The van der Waals surface area contributed by atoms with Crippen LogP contribution in [0.2, 0.25) is 0 Å². The lowest BCUT2D eigenvalue weighted by Crippen LogP contribution is -2.32. The predicted octanol–water partition coefficient (Wildman–Crippen LogP) is 2.13. The Morgan fingerprint density at radius 1 is 1.07 bits per heavy atom. The van der Waals surface area contributed by atoms with Crippen molar-refractivity contribution in [1.29, 1.82) is 0 Å².